The zero-order chi connectivity index (χ0) is 19.7. The molecule has 2 aromatic heterocycles. The monoisotopic (exact) mass is 376 g/mol. The first-order valence-electron chi connectivity index (χ1n) is 8.67. The Morgan fingerprint density at radius 1 is 1.18 bits per heavy atom. The Labute approximate surface area is 159 Å². The second-order valence-electron chi connectivity index (χ2n) is 6.05. The molecule has 0 aliphatic carbocycles. The lowest BCUT2D eigenvalue weighted by molar-refractivity contribution is -0.385. The molecule has 4 aromatic rings. The number of nitrogens with one attached hydrogen (secondary N) is 1. The molecule has 0 atom stereocenters. The average molecular weight is 376 g/mol. The second-order valence-corrected chi connectivity index (χ2v) is 6.05. The van der Waals surface area contributed by atoms with Gasteiger partial charge >= 0.3 is 5.97 Å². The van der Waals surface area contributed by atoms with Crippen molar-refractivity contribution in [1.82, 2.24) is 9.38 Å². The van der Waals surface area contributed by atoms with Crippen LogP contribution in [-0.4, -0.2) is 26.9 Å². The van der Waals surface area contributed by atoms with Crippen molar-refractivity contribution < 1.29 is 14.5 Å². The summed E-state index contributed by atoms with van der Waals surface area (Å²) in [6.07, 6.45) is 1.27. The van der Waals surface area contributed by atoms with E-state index in [1.807, 2.05) is 42.5 Å². The molecule has 0 bridgehead atoms. The zero-order valence-electron chi connectivity index (χ0n) is 15.0. The van der Waals surface area contributed by atoms with E-state index in [4.69, 9.17) is 4.74 Å². The van der Waals surface area contributed by atoms with Crippen LogP contribution in [0.1, 0.15) is 17.4 Å². The highest BCUT2D eigenvalue weighted by Gasteiger charge is 2.23. The number of rotatable bonds is 5. The quantitative estimate of drug-likeness (QED) is 0.316. The smallest absolute Gasteiger partial charge is 0.359 e. The number of hydrogen-bond acceptors (Lipinski definition) is 6. The van der Waals surface area contributed by atoms with Crippen molar-refractivity contribution in [2.24, 2.45) is 0 Å². The van der Waals surface area contributed by atoms with Crippen LogP contribution in [0, 0.1) is 10.1 Å². The van der Waals surface area contributed by atoms with Crippen LogP contribution in [0.4, 0.5) is 17.2 Å². The van der Waals surface area contributed by atoms with Crippen LogP contribution in [0.2, 0.25) is 0 Å². The fourth-order valence-electron chi connectivity index (χ4n) is 3.09. The molecule has 8 nitrogen and oxygen atoms in total. The van der Waals surface area contributed by atoms with Gasteiger partial charge in [-0.15, -0.1) is 0 Å². The normalized spacial score (nSPS) is 10.9. The first-order valence-corrected chi connectivity index (χ1v) is 8.67. The summed E-state index contributed by atoms with van der Waals surface area (Å²) < 4.78 is 6.53. The van der Waals surface area contributed by atoms with E-state index in [9.17, 15) is 14.9 Å². The van der Waals surface area contributed by atoms with E-state index in [1.54, 1.807) is 6.92 Å². The highest BCUT2D eigenvalue weighted by Crippen LogP contribution is 2.29. The molecule has 0 saturated carbocycles. The number of pyridine rings is 1. The molecule has 0 amide bonds. The minimum Gasteiger partial charge on any atom is -0.461 e. The Morgan fingerprint density at radius 3 is 2.75 bits per heavy atom. The number of ether oxygens (including phenoxy) is 1. The van der Waals surface area contributed by atoms with Gasteiger partial charge in [0.15, 0.2) is 11.5 Å². The summed E-state index contributed by atoms with van der Waals surface area (Å²) in [5.74, 6) is -0.339. The highest BCUT2D eigenvalue weighted by molar-refractivity contribution is 5.99. The van der Waals surface area contributed by atoms with Gasteiger partial charge in [0.25, 0.3) is 5.69 Å². The summed E-state index contributed by atoms with van der Waals surface area (Å²) in [6.45, 7) is 1.87. The lowest BCUT2D eigenvalue weighted by atomic mass is 10.1. The van der Waals surface area contributed by atoms with E-state index in [0.29, 0.717) is 5.65 Å². The molecule has 2 aromatic carbocycles. The van der Waals surface area contributed by atoms with E-state index in [-0.39, 0.29) is 23.8 Å². The minimum atomic E-state index is -0.613. The summed E-state index contributed by atoms with van der Waals surface area (Å²) in [5, 5.41) is 16.3. The molecule has 0 unspecified atom stereocenters. The summed E-state index contributed by atoms with van der Waals surface area (Å²) in [5.41, 5.74) is 1.12. The number of carbonyl (C=O) groups excluding carboxylic acids is 1. The second kappa shape index (κ2) is 6.99. The Kier molecular flexibility index (Phi) is 4.36. The van der Waals surface area contributed by atoms with Crippen molar-refractivity contribution in [3.8, 4) is 0 Å². The standard InChI is InChI=1S/C20H16N4O4/c1-2-28-20(25)18-19(22-17-11-10-14(24(26)27)12-23(17)18)21-16-9-5-7-13-6-3-4-8-15(13)16/h3-12,21H,2H2,1H3. The molecular formula is C20H16N4O4. The molecule has 1 N–H and O–H groups in total. The van der Waals surface area contributed by atoms with Gasteiger partial charge in [-0.2, -0.15) is 0 Å². The Morgan fingerprint density at radius 2 is 1.96 bits per heavy atom. The number of carbonyl (C=O) groups is 1. The van der Waals surface area contributed by atoms with Gasteiger partial charge in [0, 0.05) is 17.1 Å². The summed E-state index contributed by atoms with van der Waals surface area (Å²) in [4.78, 5) is 27.6. The Hall–Kier alpha value is -3.94. The Balaban J connectivity index is 1.89. The molecular weight excluding hydrogens is 360 g/mol. The van der Waals surface area contributed by atoms with Gasteiger partial charge in [-0.05, 0) is 24.4 Å². The number of anilines is 2. The van der Waals surface area contributed by atoms with E-state index < -0.39 is 10.9 Å². The lowest BCUT2D eigenvalue weighted by Crippen LogP contribution is -2.10. The van der Waals surface area contributed by atoms with E-state index >= 15 is 0 Å². The minimum absolute atomic E-state index is 0.105. The number of aromatic nitrogens is 2. The molecule has 0 aliphatic heterocycles. The molecule has 0 radical (unpaired) electrons. The fourth-order valence-corrected chi connectivity index (χ4v) is 3.09. The van der Waals surface area contributed by atoms with Crippen molar-refractivity contribution in [2.45, 2.75) is 6.92 Å². The van der Waals surface area contributed by atoms with Gasteiger partial charge in [0.05, 0.1) is 17.7 Å². The van der Waals surface area contributed by atoms with Gasteiger partial charge < -0.3 is 10.1 Å². The number of esters is 1. The van der Waals surface area contributed by atoms with Gasteiger partial charge in [-0.3, -0.25) is 14.5 Å². The lowest BCUT2D eigenvalue weighted by Gasteiger charge is -2.09. The molecule has 0 aliphatic rings. The van der Waals surface area contributed by atoms with Crippen LogP contribution in [0.25, 0.3) is 16.4 Å². The van der Waals surface area contributed by atoms with Crippen LogP contribution >= 0.6 is 0 Å². The van der Waals surface area contributed by atoms with Gasteiger partial charge in [0.2, 0.25) is 0 Å². The third-order valence-electron chi connectivity index (χ3n) is 4.33. The number of nitro groups is 1. The molecule has 2 heterocycles. The first-order chi connectivity index (χ1) is 13.6. The fraction of sp³-hybridized carbons (Fsp3) is 0.100. The number of fused-ring (bicyclic) bond motifs is 2. The SMILES string of the molecule is CCOC(=O)c1c(Nc2cccc3ccccc23)nc2ccc([N+](=O)[O-])cn12. The van der Waals surface area contributed by atoms with Crippen molar-refractivity contribution in [3.05, 3.63) is 76.6 Å². The molecule has 8 heteroatoms. The molecule has 0 fully saturated rings. The molecule has 140 valence electrons. The topological polar surface area (TPSA) is 98.8 Å². The predicted octanol–water partition coefficient (Wildman–Crippen LogP) is 4.32. The van der Waals surface area contributed by atoms with Crippen molar-refractivity contribution in [1.29, 1.82) is 0 Å². The predicted molar refractivity (Wildman–Crippen MR) is 105 cm³/mol. The molecule has 0 spiro atoms. The maximum absolute atomic E-state index is 12.6. The summed E-state index contributed by atoms with van der Waals surface area (Å²) in [7, 11) is 0. The maximum Gasteiger partial charge on any atom is 0.359 e. The summed E-state index contributed by atoms with van der Waals surface area (Å²) in [6, 6.07) is 16.4. The highest BCUT2D eigenvalue weighted by atomic mass is 16.6. The van der Waals surface area contributed by atoms with Crippen molar-refractivity contribution >= 4 is 39.6 Å². The van der Waals surface area contributed by atoms with E-state index in [0.717, 1.165) is 16.5 Å². The van der Waals surface area contributed by atoms with E-state index in [1.165, 1.54) is 22.7 Å². The van der Waals surface area contributed by atoms with Crippen LogP contribution in [0.5, 0.6) is 0 Å². The van der Waals surface area contributed by atoms with Crippen LogP contribution in [0.15, 0.2) is 60.8 Å². The number of benzene rings is 2. The molecule has 4 rings (SSSR count). The van der Waals surface area contributed by atoms with Crippen LogP contribution < -0.4 is 5.32 Å². The summed E-state index contributed by atoms with van der Waals surface area (Å²) >= 11 is 0. The zero-order valence-corrected chi connectivity index (χ0v) is 15.0. The van der Waals surface area contributed by atoms with Crippen molar-refractivity contribution in [2.75, 3.05) is 11.9 Å². The molecule has 0 saturated heterocycles. The largest absolute Gasteiger partial charge is 0.461 e. The van der Waals surface area contributed by atoms with E-state index in [2.05, 4.69) is 10.3 Å². The maximum atomic E-state index is 12.6. The Bertz CT molecular complexity index is 1210. The van der Waals surface area contributed by atoms with Crippen molar-refractivity contribution in [3.63, 3.8) is 0 Å². The number of imidazole rings is 1. The average Bonchev–Trinajstić information content (AvgIpc) is 3.05. The third-order valence-corrected chi connectivity index (χ3v) is 4.33. The van der Waals surface area contributed by atoms with Gasteiger partial charge in [-0.25, -0.2) is 9.78 Å². The van der Waals surface area contributed by atoms with Crippen LogP contribution in [-0.2, 0) is 4.74 Å². The number of hydrogen-bond donors (Lipinski definition) is 1. The van der Waals surface area contributed by atoms with Crippen LogP contribution in [0.3, 0.4) is 0 Å². The van der Waals surface area contributed by atoms with Gasteiger partial charge in [-0.1, -0.05) is 36.4 Å². The third kappa shape index (κ3) is 3.01. The van der Waals surface area contributed by atoms with Gasteiger partial charge in [0.1, 0.15) is 5.65 Å². The first kappa shape index (κ1) is 17.5. The molecule has 28 heavy (non-hydrogen) atoms. The number of nitrogens with zero attached hydrogens (tertiary/aromatic N) is 3.